The Kier molecular flexibility index (Phi) is 3.71. The minimum absolute atomic E-state index is 0.135. The summed E-state index contributed by atoms with van der Waals surface area (Å²) in [6.07, 6.45) is 1.47. The standard InChI is InChI=1S/C11H9BrFN3O2/c1-18-11(17)10-6-16(15-14-10)5-7-2-3-8(13)4-9(7)12/h2-4,6H,5H2,1H3. The van der Waals surface area contributed by atoms with Crippen LogP contribution in [-0.2, 0) is 11.3 Å². The lowest BCUT2D eigenvalue weighted by molar-refractivity contribution is 0.0594. The topological polar surface area (TPSA) is 57.0 Å². The maximum Gasteiger partial charge on any atom is 0.360 e. The van der Waals surface area contributed by atoms with Crippen molar-refractivity contribution in [1.82, 2.24) is 15.0 Å². The lowest BCUT2D eigenvalue weighted by atomic mass is 10.2. The molecule has 0 spiro atoms. The molecule has 0 saturated heterocycles. The summed E-state index contributed by atoms with van der Waals surface area (Å²) in [6, 6.07) is 4.37. The molecule has 1 aromatic heterocycles. The van der Waals surface area contributed by atoms with E-state index in [1.54, 1.807) is 6.07 Å². The van der Waals surface area contributed by atoms with Crippen LogP contribution in [-0.4, -0.2) is 28.1 Å². The molecule has 94 valence electrons. The number of halogens is 2. The minimum atomic E-state index is -0.542. The Morgan fingerprint density at radius 3 is 3.00 bits per heavy atom. The highest BCUT2D eigenvalue weighted by atomic mass is 79.9. The molecule has 0 unspecified atom stereocenters. The van der Waals surface area contributed by atoms with Gasteiger partial charge in [0.05, 0.1) is 19.9 Å². The number of benzene rings is 1. The predicted molar refractivity (Wildman–Crippen MR) is 64.6 cm³/mol. The van der Waals surface area contributed by atoms with Crippen molar-refractivity contribution in [3.8, 4) is 0 Å². The molecule has 0 N–H and O–H groups in total. The second-order valence-corrected chi connectivity index (χ2v) is 4.38. The maximum atomic E-state index is 12.9. The van der Waals surface area contributed by atoms with Crippen molar-refractivity contribution >= 4 is 21.9 Å². The first-order chi connectivity index (χ1) is 8.60. The molecule has 1 heterocycles. The predicted octanol–water partition coefficient (Wildman–Crippen LogP) is 2.01. The average molecular weight is 314 g/mol. The molecule has 0 aliphatic carbocycles. The zero-order valence-electron chi connectivity index (χ0n) is 9.43. The average Bonchev–Trinajstić information content (AvgIpc) is 2.80. The zero-order chi connectivity index (χ0) is 13.1. The molecule has 2 aromatic rings. The van der Waals surface area contributed by atoms with E-state index in [0.717, 1.165) is 5.56 Å². The van der Waals surface area contributed by atoms with Crippen LogP contribution in [0.3, 0.4) is 0 Å². The van der Waals surface area contributed by atoms with Crippen LogP contribution in [0.2, 0.25) is 0 Å². The number of hydrogen-bond donors (Lipinski definition) is 0. The van der Waals surface area contributed by atoms with E-state index < -0.39 is 5.97 Å². The molecule has 0 fully saturated rings. The first-order valence-electron chi connectivity index (χ1n) is 5.02. The SMILES string of the molecule is COC(=O)c1cn(Cc2ccc(F)cc2Br)nn1. The van der Waals surface area contributed by atoms with Gasteiger partial charge in [-0.05, 0) is 17.7 Å². The van der Waals surface area contributed by atoms with E-state index in [1.165, 1.54) is 30.1 Å². The number of methoxy groups -OCH3 is 1. The molecule has 0 bridgehead atoms. The molecule has 18 heavy (non-hydrogen) atoms. The summed E-state index contributed by atoms with van der Waals surface area (Å²) >= 11 is 3.26. The van der Waals surface area contributed by atoms with E-state index in [9.17, 15) is 9.18 Å². The quantitative estimate of drug-likeness (QED) is 0.813. The van der Waals surface area contributed by atoms with Gasteiger partial charge in [-0.2, -0.15) is 0 Å². The van der Waals surface area contributed by atoms with Crippen molar-refractivity contribution < 1.29 is 13.9 Å². The molecule has 0 aliphatic heterocycles. The Hall–Kier alpha value is -1.76. The fraction of sp³-hybridized carbons (Fsp3) is 0.182. The number of hydrogen-bond acceptors (Lipinski definition) is 4. The van der Waals surface area contributed by atoms with E-state index >= 15 is 0 Å². The first-order valence-corrected chi connectivity index (χ1v) is 5.82. The highest BCUT2D eigenvalue weighted by Crippen LogP contribution is 2.18. The minimum Gasteiger partial charge on any atom is -0.464 e. The lowest BCUT2D eigenvalue weighted by Gasteiger charge is -2.03. The van der Waals surface area contributed by atoms with Gasteiger partial charge < -0.3 is 4.74 Å². The molecular formula is C11H9BrFN3O2. The van der Waals surface area contributed by atoms with Crippen LogP contribution >= 0.6 is 15.9 Å². The van der Waals surface area contributed by atoms with Crippen LogP contribution in [0, 0.1) is 5.82 Å². The normalized spacial score (nSPS) is 10.4. The maximum absolute atomic E-state index is 12.9. The summed E-state index contributed by atoms with van der Waals surface area (Å²) in [5.74, 6) is -0.862. The van der Waals surface area contributed by atoms with Crippen LogP contribution in [0.1, 0.15) is 16.1 Å². The molecule has 0 radical (unpaired) electrons. The Balaban J connectivity index is 2.18. The van der Waals surface area contributed by atoms with Gasteiger partial charge in [-0.1, -0.05) is 27.2 Å². The molecule has 0 aliphatic rings. The number of aromatic nitrogens is 3. The van der Waals surface area contributed by atoms with Crippen molar-refractivity contribution in [3.05, 3.63) is 45.9 Å². The van der Waals surface area contributed by atoms with Gasteiger partial charge >= 0.3 is 5.97 Å². The number of carbonyl (C=O) groups is 1. The number of esters is 1. The Morgan fingerprint density at radius 1 is 1.56 bits per heavy atom. The third kappa shape index (κ3) is 2.73. The summed E-state index contributed by atoms with van der Waals surface area (Å²) in [6.45, 7) is 0.380. The fourth-order valence-corrected chi connectivity index (χ4v) is 1.87. The summed E-state index contributed by atoms with van der Waals surface area (Å²) < 4.78 is 19.6. The number of nitrogens with zero attached hydrogens (tertiary/aromatic N) is 3. The van der Waals surface area contributed by atoms with Crippen LogP contribution in [0.4, 0.5) is 4.39 Å². The molecule has 7 heteroatoms. The van der Waals surface area contributed by atoms with Crippen molar-refractivity contribution in [1.29, 1.82) is 0 Å². The summed E-state index contributed by atoms with van der Waals surface area (Å²) in [5.41, 5.74) is 0.966. The lowest BCUT2D eigenvalue weighted by Crippen LogP contribution is -2.02. The van der Waals surface area contributed by atoms with E-state index in [0.29, 0.717) is 11.0 Å². The highest BCUT2D eigenvalue weighted by molar-refractivity contribution is 9.10. The molecule has 0 amide bonds. The fourth-order valence-electron chi connectivity index (χ4n) is 1.40. The summed E-state index contributed by atoms with van der Waals surface area (Å²) in [5, 5.41) is 7.47. The molecule has 5 nitrogen and oxygen atoms in total. The summed E-state index contributed by atoms with van der Waals surface area (Å²) in [7, 11) is 1.28. The number of carbonyl (C=O) groups excluding carboxylic acids is 1. The van der Waals surface area contributed by atoms with Gasteiger partial charge in [-0.3, -0.25) is 0 Å². The van der Waals surface area contributed by atoms with Gasteiger partial charge in [-0.25, -0.2) is 13.9 Å². The Labute approximate surface area is 111 Å². The first kappa shape index (κ1) is 12.7. The van der Waals surface area contributed by atoms with Crippen LogP contribution < -0.4 is 0 Å². The van der Waals surface area contributed by atoms with Gasteiger partial charge in [0.1, 0.15) is 5.82 Å². The molecule has 2 rings (SSSR count). The number of rotatable bonds is 3. The van der Waals surface area contributed by atoms with E-state index in [1.807, 2.05) is 0 Å². The largest absolute Gasteiger partial charge is 0.464 e. The van der Waals surface area contributed by atoms with E-state index in [-0.39, 0.29) is 11.5 Å². The third-order valence-corrected chi connectivity index (χ3v) is 3.02. The van der Waals surface area contributed by atoms with Crippen molar-refractivity contribution in [2.24, 2.45) is 0 Å². The van der Waals surface area contributed by atoms with Crippen molar-refractivity contribution in [2.45, 2.75) is 6.54 Å². The van der Waals surface area contributed by atoms with Gasteiger partial charge in [0.2, 0.25) is 0 Å². The van der Waals surface area contributed by atoms with E-state index in [2.05, 4.69) is 31.0 Å². The van der Waals surface area contributed by atoms with Crippen LogP contribution in [0.5, 0.6) is 0 Å². The van der Waals surface area contributed by atoms with Gasteiger partial charge in [0.15, 0.2) is 5.69 Å². The Bertz CT molecular complexity index is 585. The van der Waals surface area contributed by atoms with Gasteiger partial charge in [-0.15, -0.1) is 5.10 Å². The molecular weight excluding hydrogens is 305 g/mol. The second kappa shape index (κ2) is 5.26. The van der Waals surface area contributed by atoms with Crippen molar-refractivity contribution in [3.63, 3.8) is 0 Å². The molecule has 0 saturated carbocycles. The third-order valence-electron chi connectivity index (χ3n) is 2.28. The number of ether oxygens (including phenoxy) is 1. The van der Waals surface area contributed by atoms with E-state index in [4.69, 9.17) is 0 Å². The van der Waals surface area contributed by atoms with Gasteiger partial charge in [0, 0.05) is 4.47 Å². The smallest absolute Gasteiger partial charge is 0.360 e. The second-order valence-electron chi connectivity index (χ2n) is 3.53. The zero-order valence-corrected chi connectivity index (χ0v) is 11.0. The van der Waals surface area contributed by atoms with Gasteiger partial charge in [0.25, 0.3) is 0 Å². The molecule has 0 atom stereocenters. The monoisotopic (exact) mass is 313 g/mol. The Morgan fingerprint density at radius 2 is 2.33 bits per heavy atom. The highest BCUT2D eigenvalue weighted by Gasteiger charge is 2.11. The van der Waals surface area contributed by atoms with Crippen LogP contribution in [0.15, 0.2) is 28.9 Å². The molecule has 1 aromatic carbocycles. The van der Waals surface area contributed by atoms with Crippen molar-refractivity contribution in [2.75, 3.05) is 7.11 Å². The summed E-state index contributed by atoms with van der Waals surface area (Å²) in [4.78, 5) is 11.2. The van der Waals surface area contributed by atoms with Crippen LogP contribution in [0.25, 0.3) is 0 Å².